The molecule has 0 radical (unpaired) electrons. The molecule has 30 heavy (non-hydrogen) atoms. The number of hydrogen-bond acceptors (Lipinski definition) is 10. The number of nitrogens with zero attached hydrogens (tertiary/aromatic N) is 3. The number of hydrogen-bond donors (Lipinski definition) is 3. The fourth-order valence-corrected chi connectivity index (χ4v) is 2.29. The molecule has 2 rings (SSSR count). The van der Waals surface area contributed by atoms with E-state index in [1.807, 2.05) is 0 Å². The molecule has 10 nitrogen and oxygen atoms in total. The highest BCUT2D eigenvalue weighted by atomic mass is 19.2. The van der Waals surface area contributed by atoms with Crippen LogP contribution in [0, 0.1) is 11.6 Å². The maximum Gasteiger partial charge on any atom is 0.319 e. The zero-order valence-electron chi connectivity index (χ0n) is 16.3. The molecule has 4 N–H and O–H groups in total. The molecule has 1 aromatic carbocycles. The number of anilines is 1. The van der Waals surface area contributed by atoms with Crippen LogP contribution in [-0.2, 0) is 19.1 Å². The molecule has 0 atom stereocenters. The van der Waals surface area contributed by atoms with Crippen LogP contribution in [0.5, 0.6) is 0 Å². The number of nitrogens with two attached hydrogens (primary N) is 1. The van der Waals surface area contributed by atoms with Crippen LogP contribution < -0.4 is 16.5 Å². The average Bonchev–Trinajstić information content (AvgIpc) is 3.06. The van der Waals surface area contributed by atoms with Gasteiger partial charge in [-0.1, -0.05) is 0 Å². The Morgan fingerprint density at radius 2 is 1.87 bits per heavy atom. The van der Waals surface area contributed by atoms with Crippen LogP contribution >= 0.6 is 0 Å². The fourth-order valence-electron chi connectivity index (χ4n) is 2.29. The first kappa shape index (κ1) is 22.9. The molecule has 12 heteroatoms. The Kier molecular flexibility index (Phi) is 8.81. The van der Waals surface area contributed by atoms with Crippen LogP contribution in [-0.4, -0.2) is 55.5 Å². The Labute approximate surface area is 171 Å². The lowest BCUT2D eigenvalue weighted by molar-refractivity contribution is -0.143. The molecule has 0 aliphatic carbocycles. The van der Waals surface area contributed by atoms with E-state index in [9.17, 15) is 18.4 Å². The number of carbonyl (C=O) groups excluding carboxylic acids is 2. The Morgan fingerprint density at radius 3 is 2.57 bits per heavy atom. The molecule has 0 aromatic heterocycles. The number of amidine groups is 1. The highest BCUT2D eigenvalue weighted by Gasteiger charge is 2.19. The Hall–Kier alpha value is -3.41. The van der Waals surface area contributed by atoms with E-state index < -0.39 is 23.6 Å². The van der Waals surface area contributed by atoms with Gasteiger partial charge in [-0.25, -0.2) is 8.78 Å². The summed E-state index contributed by atoms with van der Waals surface area (Å²) in [6.07, 6.45) is 0.793. The topological polar surface area (TPSA) is 140 Å². The van der Waals surface area contributed by atoms with E-state index in [4.69, 9.17) is 15.2 Å². The van der Waals surface area contributed by atoms with E-state index in [1.165, 1.54) is 6.07 Å². The summed E-state index contributed by atoms with van der Waals surface area (Å²) in [5, 5.41) is 14.3. The van der Waals surface area contributed by atoms with Crippen molar-refractivity contribution < 1.29 is 27.8 Å². The minimum atomic E-state index is -1.01. The highest BCUT2D eigenvalue weighted by Crippen LogP contribution is 2.13. The number of rotatable bonds is 11. The van der Waals surface area contributed by atoms with Crippen molar-refractivity contribution in [2.45, 2.75) is 19.8 Å². The minimum absolute atomic E-state index is 0.0697. The molecule has 0 saturated carbocycles. The number of hydrazone groups is 1. The number of halogens is 2. The smallest absolute Gasteiger partial charge is 0.319 e. The number of ether oxygens (including phenoxy) is 2. The zero-order valence-corrected chi connectivity index (χ0v) is 16.3. The molecule has 1 aromatic rings. The number of benzene rings is 1. The zero-order chi connectivity index (χ0) is 21.9. The lowest BCUT2D eigenvalue weighted by Crippen LogP contribution is -2.31. The first-order chi connectivity index (χ1) is 14.4. The molecular weight excluding hydrogens is 402 g/mol. The number of esters is 2. The second kappa shape index (κ2) is 11.6. The largest absolute Gasteiger partial charge is 0.465 e. The van der Waals surface area contributed by atoms with Gasteiger partial charge >= 0.3 is 11.9 Å². The van der Waals surface area contributed by atoms with Crippen LogP contribution in [0.4, 0.5) is 14.5 Å². The number of nitrogens with one attached hydrogen (secondary N) is 2. The van der Waals surface area contributed by atoms with Crippen molar-refractivity contribution in [2.75, 3.05) is 31.7 Å². The van der Waals surface area contributed by atoms with E-state index in [1.54, 1.807) is 6.92 Å². The van der Waals surface area contributed by atoms with E-state index in [-0.39, 0.29) is 43.5 Å². The Morgan fingerprint density at radius 1 is 1.13 bits per heavy atom. The van der Waals surface area contributed by atoms with Gasteiger partial charge in [0.15, 0.2) is 23.2 Å². The predicted molar refractivity (Wildman–Crippen MR) is 106 cm³/mol. The molecule has 1 aliphatic heterocycles. The third-order valence-electron chi connectivity index (χ3n) is 3.68. The van der Waals surface area contributed by atoms with Gasteiger partial charge in [-0.15, -0.1) is 5.10 Å². The summed E-state index contributed by atoms with van der Waals surface area (Å²) >= 11 is 0. The minimum Gasteiger partial charge on any atom is -0.465 e. The van der Waals surface area contributed by atoms with Crippen LogP contribution in [0.1, 0.15) is 19.8 Å². The van der Waals surface area contributed by atoms with Crippen molar-refractivity contribution in [1.29, 1.82) is 0 Å². The summed E-state index contributed by atoms with van der Waals surface area (Å²) in [5.74, 6) is -2.88. The van der Waals surface area contributed by atoms with Gasteiger partial charge in [-0.05, 0) is 31.9 Å². The summed E-state index contributed by atoms with van der Waals surface area (Å²) < 4.78 is 36.0. The molecule has 1 aliphatic rings. The molecule has 0 spiro atoms. The van der Waals surface area contributed by atoms with Crippen molar-refractivity contribution in [3.8, 4) is 0 Å². The summed E-state index contributed by atoms with van der Waals surface area (Å²) in [6.45, 7) is 1.86. The summed E-state index contributed by atoms with van der Waals surface area (Å²) in [6, 6.07) is 3.24. The van der Waals surface area contributed by atoms with Crippen LogP contribution in [0.3, 0.4) is 0 Å². The third kappa shape index (κ3) is 7.20. The van der Waals surface area contributed by atoms with E-state index in [2.05, 4.69) is 26.0 Å². The van der Waals surface area contributed by atoms with Gasteiger partial charge in [0.25, 0.3) is 0 Å². The van der Waals surface area contributed by atoms with Gasteiger partial charge in [0.1, 0.15) is 0 Å². The van der Waals surface area contributed by atoms with Gasteiger partial charge < -0.3 is 15.2 Å². The molecule has 162 valence electrons. The van der Waals surface area contributed by atoms with E-state index >= 15 is 0 Å². The predicted octanol–water partition coefficient (Wildman–Crippen LogP) is 0.936. The Bertz CT molecular complexity index is 872. The van der Waals surface area contributed by atoms with Crippen molar-refractivity contribution in [2.24, 2.45) is 21.0 Å². The number of carbonyl (C=O) groups is 2. The van der Waals surface area contributed by atoms with Gasteiger partial charge in [-0.3, -0.25) is 20.3 Å². The van der Waals surface area contributed by atoms with Crippen LogP contribution in [0.2, 0.25) is 0 Å². The van der Waals surface area contributed by atoms with E-state index in [0.29, 0.717) is 18.6 Å². The first-order valence-corrected chi connectivity index (χ1v) is 9.12. The molecule has 0 bridgehead atoms. The summed E-state index contributed by atoms with van der Waals surface area (Å²) in [5.41, 5.74) is 9.26. The lowest BCUT2D eigenvalue weighted by atomic mass is 10.1. The highest BCUT2D eigenvalue weighted by molar-refractivity contribution is 6.69. The van der Waals surface area contributed by atoms with Crippen molar-refractivity contribution in [3.63, 3.8) is 0 Å². The van der Waals surface area contributed by atoms with Crippen LogP contribution in [0.25, 0.3) is 0 Å². The normalized spacial score (nSPS) is 14.3. The molecular formula is C18H22F2N6O4. The Balaban J connectivity index is 1.73. The van der Waals surface area contributed by atoms with Gasteiger partial charge in [0, 0.05) is 6.07 Å². The van der Waals surface area contributed by atoms with Gasteiger partial charge in [0.2, 0.25) is 0 Å². The third-order valence-corrected chi connectivity index (χ3v) is 3.68. The summed E-state index contributed by atoms with van der Waals surface area (Å²) in [7, 11) is 0. The average molecular weight is 424 g/mol. The molecule has 0 unspecified atom stereocenters. The molecule has 0 fully saturated rings. The molecule has 0 amide bonds. The second-order valence-electron chi connectivity index (χ2n) is 5.97. The SMILES string of the molecule is CCOC(=O)CNCC(=O)OCCCC1=NN=C(N)C1=NNc1ccc(F)c(F)c1. The second-order valence-corrected chi connectivity index (χ2v) is 5.97. The standard InChI is InChI=1S/C18H22F2N6O4/c1-2-29-15(27)9-22-10-16(28)30-7-3-4-14-17(18(21)26-24-14)25-23-11-5-6-12(19)13(20)8-11/h5-6,8,22-23H,2-4,7,9-10H2,1H3,(H2,21,25,26). The maximum absolute atomic E-state index is 13.3. The fraction of sp³-hybridized carbons (Fsp3) is 0.389. The van der Waals surface area contributed by atoms with E-state index in [0.717, 1.165) is 12.1 Å². The van der Waals surface area contributed by atoms with Gasteiger partial charge in [-0.2, -0.15) is 10.2 Å². The monoisotopic (exact) mass is 424 g/mol. The maximum atomic E-state index is 13.3. The first-order valence-electron chi connectivity index (χ1n) is 9.12. The molecule has 0 saturated heterocycles. The van der Waals surface area contributed by atoms with Crippen LogP contribution in [0.15, 0.2) is 33.5 Å². The summed E-state index contributed by atoms with van der Waals surface area (Å²) in [4.78, 5) is 22.7. The quantitative estimate of drug-likeness (QED) is 0.273. The van der Waals surface area contributed by atoms with Gasteiger partial charge in [0.05, 0.1) is 37.7 Å². The van der Waals surface area contributed by atoms with Crippen molar-refractivity contribution >= 4 is 34.9 Å². The van der Waals surface area contributed by atoms with Crippen molar-refractivity contribution in [1.82, 2.24) is 5.32 Å². The molecule has 1 heterocycles. The lowest BCUT2D eigenvalue weighted by Gasteiger charge is -2.07. The van der Waals surface area contributed by atoms with Crippen molar-refractivity contribution in [3.05, 3.63) is 29.8 Å².